The normalized spacial score (nSPS) is 19.2. The Morgan fingerprint density at radius 2 is 2.04 bits per heavy atom. The number of rotatable bonds is 7. The average molecular weight is 351 g/mol. The Morgan fingerprint density at radius 3 is 2.77 bits per heavy atom. The van der Waals surface area contributed by atoms with Crippen molar-refractivity contribution in [2.75, 3.05) is 0 Å². The number of fused-ring (bicyclic) bond motifs is 1. The Labute approximate surface area is 154 Å². The minimum absolute atomic E-state index is 0.213. The van der Waals surface area contributed by atoms with E-state index in [4.69, 9.17) is 5.11 Å². The van der Waals surface area contributed by atoms with Gasteiger partial charge in [0, 0.05) is 29.8 Å². The topological polar surface area (TPSA) is 67.3 Å². The predicted octanol–water partition coefficient (Wildman–Crippen LogP) is 4.92. The summed E-state index contributed by atoms with van der Waals surface area (Å²) in [7, 11) is 0. The number of hydrogen-bond acceptors (Lipinski definition) is 3. The Balaban J connectivity index is 1.69. The van der Waals surface area contributed by atoms with Crippen LogP contribution in [-0.2, 0) is 11.2 Å². The Hall–Kier alpha value is -2.49. The lowest BCUT2D eigenvalue weighted by atomic mass is 9.69. The number of Topliss-reactive ketones (excluding diaryl/α,β-unsaturated/α-hetero) is 1. The van der Waals surface area contributed by atoms with Gasteiger partial charge in [0.1, 0.15) is 0 Å². The van der Waals surface area contributed by atoms with E-state index < -0.39 is 5.97 Å². The summed E-state index contributed by atoms with van der Waals surface area (Å²) in [6.45, 7) is 2.06. The van der Waals surface area contributed by atoms with Gasteiger partial charge in [-0.15, -0.1) is 0 Å². The van der Waals surface area contributed by atoms with Gasteiger partial charge in [0.05, 0.1) is 0 Å². The van der Waals surface area contributed by atoms with Gasteiger partial charge in [-0.3, -0.25) is 14.6 Å². The van der Waals surface area contributed by atoms with Gasteiger partial charge in [-0.2, -0.15) is 0 Å². The second-order valence-corrected chi connectivity index (χ2v) is 7.46. The van der Waals surface area contributed by atoms with Crippen LogP contribution in [0.4, 0.5) is 0 Å². The molecule has 0 radical (unpaired) electrons. The summed E-state index contributed by atoms with van der Waals surface area (Å²) in [5.74, 6) is -0.516. The molecule has 0 fully saturated rings. The second kappa shape index (κ2) is 7.81. The molecule has 4 heteroatoms. The molecule has 1 unspecified atom stereocenters. The summed E-state index contributed by atoms with van der Waals surface area (Å²) in [5, 5.41) is 8.71. The standard InChI is InChI=1S/C22H25NO3/c1-22(11-4-2-3-7-20(24)25)12-10-17-14-16(8-9-19(17)21(22)26)18-6-5-13-23-15-18/h5-6,8-9,13-15H,2-4,7,10-12H2,1H3,(H,24,25). The van der Waals surface area contributed by atoms with Crippen LogP contribution < -0.4 is 0 Å². The molecule has 136 valence electrons. The third kappa shape index (κ3) is 4.01. The molecule has 0 saturated heterocycles. The zero-order valence-corrected chi connectivity index (χ0v) is 15.2. The zero-order valence-electron chi connectivity index (χ0n) is 15.2. The molecule has 1 aromatic carbocycles. The number of aliphatic carboxylic acids is 1. The molecule has 1 atom stereocenters. The average Bonchev–Trinajstić information content (AvgIpc) is 2.65. The van der Waals surface area contributed by atoms with Gasteiger partial charge in [0.15, 0.2) is 5.78 Å². The number of hydrogen-bond donors (Lipinski definition) is 1. The number of nitrogens with zero attached hydrogens (tertiary/aromatic N) is 1. The first-order chi connectivity index (χ1) is 12.5. The Kier molecular flexibility index (Phi) is 5.50. The van der Waals surface area contributed by atoms with Crippen molar-refractivity contribution < 1.29 is 14.7 Å². The van der Waals surface area contributed by atoms with E-state index in [1.165, 1.54) is 0 Å². The van der Waals surface area contributed by atoms with Gasteiger partial charge >= 0.3 is 5.97 Å². The lowest BCUT2D eigenvalue weighted by Gasteiger charge is -2.33. The SMILES string of the molecule is CC1(CCCCCC(=O)O)CCc2cc(-c3cccnc3)ccc2C1=O. The molecule has 0 saturated carbocycles. The quantitative estimate of drug-likeness (QED) is 0.719. The highest BCUT2D eigenvalue weighted by Gasteiger charge is 2.37. The number of carboxylic acids is 1. The van der Waals surface area contributed by atoms with Crippen molar-refractivity contribution in [3.05, 3.63) is 53.9 Å². The van der Waals surface area contributed by atoms with Gasteiger partial charge in [-0.05, 0) is 48.4 Å². The van der Waals surface area contributed by atoms with Crippen LogP contribution in [0.3, 0.4) is 0 Å². The molecule has 3 rings (SSSR count). The molecule has 1 N–H and O–H groups in total. The van der Waals surface area contributed by atoms with Crippen LogP contribution in [0.25, 0.3) is 11.1 Å². The van der Waals surface area contributed by atoms with E-state index >= 15 is 0 Å². The number of aryl methyl sites for hydroxylation is 1. The summed E-state index contributed by atoms with van der Waals surface area (Å²) >= 11 is 0. The molecule has 2 aromatic rings. The number of benzene rings is 1. The summed E-state index contributed by atoms with van der Waals surface area (Å²) in [4.78, 5) is 27.8. The maximum Gasteiger partial charge on any atom is 0.303 e. The van der Waals surface area contributed by atoms with Crippen molar-refractivity contribution in [1.82, 2.24) is 4.98 Å². The van der Waals surface area contributed by atoms with Gasteiger partial charge < -0.3 is 5.11 Å². The fourth-order valence-corrected chi connectivity index (χ4v) is 3.79. The fraction of sp³-hybridized carbons (Fsp3) is 0.409. The summed E-state index contributed by atoms with van der Waals surface area (Å²) in [6.07, 6.45) is 8.85. The van der Waals surface area contributed by atoms with Crippen molar-refractivity contribution >= 4 is 11.8 Å². The first kappa shape index (κ1) is 18.3. The number of unbranched alkanes of at least 4 members (excludes halogenated alkanes) is 2. The van der Waals surface area contributed by atoms with Crippen LogP contribution in [0.5, 0.6) is 0 Å². The first-order valence-electron chi connectivity index (χ1n) is 9.29. The Bertz CT molecular complexity index is 800. The van der Waals surface area contributed by atoms with E-state index in [1.54, 1.807) is 6.20 Å². The number of pyridine rings is 1. The Morgan fingerprint density at radius 1 is 1.19 bits per heavy atom. The minimum Gasteiger partial charge on any atom is -0.481 e. The highest BCUT2D eigenvalue weighted by molar-refractivity contribution is 6.03. The molecule has 1 aliphatic carbocycles. The summed E-state index contributed by atoms with van der Waals surface area (Å²) in [6, 6.07) is 10.0. The lowest BCUT2D eigenvalue weighted by Crippen LogP contribution is -2.33. The number of carboxylic acid groups (broad SMARTS) is 1. The monoisotopic (exact) mass is 351 g/mol. The number of carbonyl (C=O) groups excluding carboxylic acids is 1. The first-order valence-corrected chi connectivity index (χ1v) is 9.29. The van der Waals surface area contributed by atoms with Gasteiger partial charge in [0.25, 0.3) is 0 Å². The van der Waals surface area contributed by atoms with E-state index in [9.17, 15) is 9.59 Å². The van der Waals surface area contributed by atoms with Crippen LogP contribution in [0.1, 0.15) is 61.4 Å². The van der Waals surface area contributed by atoms with Crippen LogP contribution in [-0.4, -0.2) is 21.8 Å². The third-order valence-electron chi connectivity index (χ3n) is 5.46. The van der Waals surface area contributed by atoms with Crippen molar-refractivity contribution in [3.63, 3.8) is 0 Å². The van der Waals surface area contributed by atoms with E-state index in [0.717, 1.165) is 54.4 Å². The van der Waals surface area contributed by atoms with Gasteiger partial charge in [-0.25, -0.2) is 0 Å². The van der Waals surface area contributed by atoms with Crippen molar-refractivity contribution in [3.8, 4) is 11.1 Å². The summed E-state index contributed by atoms with van der Waals surface area (Å²) < 4.78 is 0. The molecule has 1 heterocycles. The highest BCUT2D eigenvalue weighted by Crippen LogP contribution is 2.40. The van der Waals surface area contributed by atoms with Crippen LogP contribution in [0.2, 0.25) is 0 Å². The highest BCUT2D eigenvalue weighted by atomic mass is 16.4. The van der Waals surface area contributed by atoms with Crippen molar-refractivity contribution in [2.45, 2.75) is 51.9 Å². The van der Waals surface area contributed by atoms with Crippen molar-refractivity contribution in [2.24, 2.45) is 5.41 Å². The third-order valence-corrected chi connectivity index (χ3v) is 5.46. The molecule has 0 aliphatic heterocycles. The molecule has 4 nitrogen and oxygen atoms in total. The molecule has 1 aliphatic rings. The molecule has 0 bridgehead atoms. The van der Waals surface area contributed by atoms with E-state index in [0.29, 0.717) is 6.42 Å². The second-order valence-electron chi connectivity index (χ2n) is 7.46. The van der Waals surface area contributed by atoms with Crippen LogP contribution >= 0.6 is 0 Å². The van der Waals surface area contributed by atoms with Gasteiger partial charge in [0.2, 0.25) is 0 Å². The lowest BCUT2D eigenvalue weighted by molar-refractivity contribution is -0.137. The fourth-order valence-electron chi connectivity index (χ4n) is 3.79. The smallest absolute Gasteiger partial charge is 0.303 e. The minimum atomic E-state index is -0.747. The number of aromatic nitrogens is 1. The maximum atomic E-state index is 13.1. The molecular formula is C22H25NO3. The van der Waals surface area contributed by atoms with Crippen LogP contribution in [0.15, 0.2) is 42.7 Å². The molecular weight excluding hydrogens is 326 g/mol. The van der Waals surface area contributed by atoms with Crippen LogP contribution in [0, 0.1) is 5.41 Å². The molecule has 1 aromatic heterocycles. The molecule has 0 amide bonds. The maximum absolute atomic E-state index is 13.1. The molecule has 26 heavy (non-hydrogen) atoms. The predicted molar refractivity (Wildman–Crippen MR) is 101 cm³/mol. The number of carbonyl (C=O) groups is 2. The van der Waals surface area contributed by atoms with E-state index in [-0.39, 0.29) is 17.6 Å². The largest absolute Gasteiger partial charge is 0.481 e. The van der Waals surface area contributed by atoms with Gasteiger partial charge in [-0.1, -0.05) is 44.0 Å². The number of ketones is 1. The van der Waals surface area contributed by atoms with E-state index in [2.05, 4.69) is 18.0 Å². The van der Waals surface area contributed by atoms with E-state index in [1.807, 2.05) is 30.5 Å². The van der Waals surface area contributed by atoms with Crippen molar-refractivity contribution in [1.29, 1.82) is 0 Å². The zero-order chi connectivity index (χ0) is 18.6. The molecule has 0 spiro atoms. The summed E-state index contributed by atoms with van der Waals surface area (Å²) in [5.41, 5.74) is 3.81.